The highest BCUT2D eigenvalue weighted by molar-refractivity contribution is 7.15. The summed E-state index contributed by atoms with van der Waals surface area (Å²) in [4.78, 5) is 25.2. The van der Waals surface area contributed by atoms with Crippen molar-refractivity contribution in [3.63, 3.8) is 0 Å². The van der Waals surface area contributed by atoms with Crippen LogP contribution in [0.4, 0.5) is 5.00 Å². The molecule has 170 valence electrons. The molecular weight excluding hydrogens is 434 g/mol. The summed E-state index contributed by atoms with van der Waals surface area (Å²) in [5, 5.41) is 5.24. The number of benzene rings is 2. The summed E-state index contributed by atoms with van der Waals surface area (Å²) >= 11 is 1.33. The second-order valence-electron chi connectivity index (χ2n) is 7.86. The molecule has 33 heavy (non-hydrogen) atoms. The summed E-state index contributed by atoms with van der Waals surface area (Å²) in [5.41, 5.74) is 5.74. The van der Waals surface area contributed by atoms with Crippen molar-refractivity contribution in [1.82, 2.24) is 0 Å². The average Bonchev–Trinajstić information content (AvgIpc) is 3.26. The topological polar surface area (TPSA) is 64.6 Å². The first kappa shape index (κ1) is 22.8. The van der Waals surface area contributed by atoms with E-state index in [1.54, 1.807) is 6.08 Å². The molecule has 5 nitrogen and oxygen atoms in total. The second-order valence-corrected chi connectivity index (χ2v) is 8.74. The molecule has 0 bridgehead atoms. The molecule has 1 aliphatic rings. The van der Waals surface area contributed by atoms with E-state index in [-0.39, 0.29) is 5.91 Å². The maximum Gasteiger partial charge on any atom is 0.341 e. The Hall–Kier alpha value is -3.38. The van der Waals surface area contributed by atoms with Gasteiger partial charge >= 0.3 is 5.97 Å². The molecule has 0 aliphatic heterocycles. The lowest BCUT2D eigenvalue weighted by Crippen LogP contribution is -2.11. The van der Waals surface area contributed by atoms with Gasteiger partial charge in [0.1, 0.15) is 16.3 Å². The Morgan fingerprint density at radius 1 is 1.06 bits per heavy atom. The molecule has 4 rings (SSSR count). The Balaban J connectivity index is 1.55. The van der Waals surface area contributed by atoms with Gasteiger partial charge in [-0.2, -0.15) is 0 Å². The van der Waals surface area contributed by atoms with Crippen molar-refractivity contribution in [1.29, 1.82) is 0 Å². The minimum Gasteiger partial charge on any atom is -0.494 e. The van der Waals surface area contributed by atoms with Gasteiger partial charge in [0.25, 0.3) is 0 Å². The monoisotopic (exact) mass is 461 g/mol. The van der Waals surface area contributed by atoms with Gasteiger partial charge < -0.3 is 14.8 Å². The van der Waals surface area contributed by atoms with E-state index in [9.17, 15) is 9.59 Å². The number of hydrogen-bond donors (Lipinski definition) is 1. The zero-order valence-electron chi connectivity index (χ0n) is 18.9. The molecule has 1 heterocycles. The van der Waals surface area contributed by atoms with Gasteiger partial charge in [-0.05, 0) is 73.1 Å². The van der Waals surface area contributed by atoms with Crippen molar-refractivity contribution in [3.8, 4) is 16.9 Å². The van der Waals surface area contributed by atoms with Gasteiger partial charge in [0.2, 0.25) is 5.91 Å². The van der Waals surface area contributed by atoms with Crippen LogP contribution in [0.5, 0.6) is 5.75 Å². The molecule has 0 saturated heterocycles. The van der Waals surface area contributed by atoms with Crippen molar-refractivity contribution >= 4 is 34.3 Å². The maximum absolute atomic E-state index is 12.6. The van der Waals surface area contributed by atoms with Gasteiger partial charge in [0.05, 0.1) is 13.7 Å². The van der Waals surface area contributed by atoms with Crippen LogP contribution in [-0.4, -0.2) is 25.6 Å². The lowest BCUT2D eigenvalue weighted by Gasteiger charge is -2.16. The summed E-state index contributed by atoms with van der Waals surface area (Å²) in [7, 11) is 1.36. The lowest BCUT2D eigenvalue weighted by atomic mass is 9.89. The number of carbonyl (C=O) groups is 2. The molecule has 0 fully saturated rings. The smallest absolute Gasteiger partial charge is 0.341 e. The van der Waals surface area contributed by atoms with E-state index >= 15 is 0 Å². The van der Waals surface area contributed by atoms with Crippen molar-refractivity contribution in [2.24, 2.45) is 0 Å². The number of anilines is 1. The van der Waals surface area contributed by atoms with Crippen molar-refractivity contribution in [2.45, 2.75) is 32.6 Å². The number of carbonyl (C=O) groups excluding carboxylic acids is 2. The minimum absolute atomic E-state index is 0.312. The Morgan fingerprint density at radius 2 is 1.82 bits per heavy atom. The van der Waals surface area contributed by atoms with Crippen molar-refractivity contribution in [2.75, 3.05) is 19.0 Å². The molecule has 0 unspecified atom stereocenters. The molecule has 3 aromatic rings. The Kier molecular flexibility index (Phi) is 7.25. The predicted octanol–water partition coefficient (Wildman–Crippen LogP) is 6.13. The summed E-state index contributed by atoms with van der Waals surface area (Å²) in [6.07, 6.45) is 7.74. The largest absolute Gasteiger partial charge is 0.494 e. The highest BCUT2D eigenvalue weighted by Crippen LogP contribution is 2.37. The number of hydrogen-bond acceptors (Lipinski definition) is 5. The third kappa shape index (κ3) is 5.34. The van der Waals surface area contributed by atoms with Crippen LogP contribution in [0.15, 0.2) is 53.9 Å². The number of fused-ring (bicyclic) bond motifs is 1. The molecule has 0 saturated carbocycles. The number of esters is 1. The first-order valence-electron chi connectivity index (χ1n) is 11.1. The number of methoxy groups -OCH3 is 1. The van der Waals surface area contributed by atoms with Crippen LogP contribution in [0.1, 0.15) is 46.8 Å². The fraction of sp³-hybridized carbons (Fsp3) is 0.259. The van der Waals surface area contributed by atoms with Crippen LogP contribution in [0, 0.1) is 0 Å². The van der Waals surface area contributed by atoms with Crippen LogP contribution in [0.25, 0.3) is 17.2 Å². The molecule has 1 amide bonds. The number of thiophene rings is 1. The number of amides is 1. The van der Waals surface area contributed by atoms with E-state index in [2.05, 4.69) is 23.5 Å². The third-order valence-electron chi connectivity index (χ3n) is 5.70. The van der Waals surface area contributed by atoms with Gasteiger partial charge in [-0.3, -0.25) is 4.79 Å². The van der Waals surface area contributed by atoms with Crippen molar-refractivity contribution in [3.05, 3.63) is 76.2 Å². The molecular formula is C27H27NO4S. The van der Waals surface area contributed by atoms with E-state index < -0.39 is 5.97 Å². The molecule has 1 N–H and O–H groups in total. The van der Waals surface area contributed by atoms with Gasteiger partial charge in [-0.25, -0.2) is 4.79 Å². The van der Waals surface area contributed by atoms with E-state index in [0.717, 1.165) is 35.3 Å². The molecule has 0 atom stereocenters. The van der Waals surface area contributed by atoms with Gasteiger partial charge in [0.15, 0.2) is 0 Å². The quantitative estimate of drug-likeness (QED) is 0.339. The third-order valence-corrected chi connectivity index (χ3v) is 6.59. The lowest BCUT2D eigenvalue weighted by molar-refractivity contribution is -0.111. The fourth-order valence-electron chi connectivity index (χ4n) is 4.04. The Labute approximate surface area is 198 Å². The summed E-state index contributed by atoms with van der Waals surface area (Å²) in [5.74, 6) is 0.0118. The first-order valence-corrected chi connectivity index (χ1v) is 12.0. The fourth-order valence-corrected chi connectivity index (χ4v) is 5.00. The molecule has 0 spiro atoms. The highest BCUT2D eigenvalue weighted by atomic mass is 32.1. The summed E-state index contributed by atoms with van der Waals surface area (Å²) in [6.45, 7) is 2.54. The van der Waals surface area contributed by atoms with Crippen LogP contribution in [0.2, 0.25) is 0 Å². The standard InChI is InChI=1S/C27H27NO4S/c1-3-32-22-13-8-18(9-14-22)10-15-24(29)28-26-25(27(30)31-2)23(17-33-26)21-12-11-19-6-4-5-7-20(19)16-21/h8-17H,3-7H2,1-2H3,(H,28,29)/b15-10+. The minimum atomic E-state index is -0.463. The second kappa shape index (κ2) is 10.5. The van der Waals surface area contributed by atoms with Crippen LogP contribution >= 0.6 is 11.3 Å². The summed E-state index contributed by atoms with van der Waals surface area (Å²) < 4.78 is 10.5. The van der Waals surface area contributed by atoms with Crippen LogP contribution in [0.3, 0.4) is 0 Å². The molecule has 0 radical (unpaired) electrons. The maximum atomic E-state index is 12.6. The van der Waals surface area contributed by atoms with Crippen molar-refractivity contribution < 1.29 is 19.1 Å². The predicted molar refractivity (Wildman–Crippen MR) is 133 cm³/mol. The van der Waals surface area contributed by atoms with Crippen LogP contribution in [-0.2, 0) is 22.4 Å². The van der Waals surface area contributed by atoms with E-state index in [1.165, 1.54) is 48.5 Å². The zero-order valence-corrected chi connectivity index (χ0v) is 19.7. The SMILES string of the molecule is CCOc1ccc(/C=C/C(=O)Nc2scc(-c3ccc4c(c3)CCCC4)c2C(=O)OC)cc1. The highest BCUT2D eigenvalue weighted by Gasteiger charge is 2.22. The number of nitrogens with one attached hydrogen (secondary N) is 1. The molecule has 1 aromatic heterocycles. The Bertz CT molecular complexity index is 1180. The van der Waals surface area contributed by atoms with Gasteiger partial charge in [-0.1, -0.05) is 30.3 Å². The van der Waals surface area contributed by atoms with Gasteiger partial charge in [-0.15, -0.1) is 11.3 Å². The normalized spacial score (nSPS) is 12.9. The van der Waals surface area contributed by atoms with Crippen LogP contribution < -0.4 is 10.1 Å². The Morgan fingerprint density at radius 3 is 2.55 bits per heavy atom. The van der Waals surface area contributed by atoms with E-state index in [0.29, 0.717) is 17.2 Å². The molecule has 1 aliphatic carbocycles. The van der Waals surface area contributed by atoms with Gasteiger partial charge in [0, 0.05) is 17.0 Å². The number of aryl methyl sites for hydroxylation is 2. The zero-order chi connectivity index (χ0) is 23.2. The molecule has 2 aromatic carbocycles. The van der Waals surface area contributed by atoms with E-state index in [4.69, 9.17) is 9.47 Å². The van der Waals surface area contributed by atoms with E-state index in [1.807, 2.05) is 36.6 Å². The number of rotatable bonds is 7. The first-order chi connectivity index (χ1) is 16.1. The average molecular weight is 462 g/mol. The number of ether oxygens (including phenoxy) is 2. The summed E-state index contributed by atoms with van der Waals surface area (Å²) in [6, 6.07) is 13.9. The molecule has 6 heteroatoms.